The van der Waals surface area contributed by atoms with Crippen LogP contribution in [0.25, 0.3) is 0 Å². The lowest BCUT2D eigenvalue weighted by Crippen LogP contribution is -2.53. The van der Waals surface area contributed by atoms with E-state index in [1.807, 2.05) is 44.2 Å². The van der Waals surface area contributed by atoms with Crippen molar-refractivity contribution < 1.29 is 18.0 Å². The minimum Gasteiger partial charge on any atom is -0.354 e. The number of hydrogen-bond acceptors (Lipinski definition) is 4. The normalized spacial score (nSPS) is 12.1. The molecule has 192 valence electrons. The number of carbonyl (C=O) groups is 2. The summed E-state index contributed by atoms with van der Waals surface area (Å²) in [6.07, 6.45) is 3.68. The first-order valence-corrected chi connectivity index (χ1v) is 14.2. The Bertz CT molecular complexity index is 1080. The van der Waals surface area contributed by atoms with Gasteiger partial charge in [-0.25, -0.2) is 8.42 Å². The second-order valence-corrected chi connectivity index (χ2v) is 11.1. The van der Waals surface area contributed by atoms with Crippen molar-refractivity contribution in [2.45, 2.75) is 45.6 Å². The smallest absolute Gasteiger partial charge is 0.244 e. The summed E-state index contributed by atoms with van der Waals surface area (Å²) in [6.45, 7) is 4.15. The average Bonchev–Trinajstić information content (AvgIpc) is 2.79. The Morgan fingerprint density at radius 1 is 1.03 bits per heavy atom. The molecule has 7 nitrogen and oxygen atoms in total. The van der Waals surface area contributed by atoms with Crippen molar-refractivity contribution >= 4 is 50.7 Å². The Labute approximate surface area is 218 Å². The Balaban J connectivity index is 2.35. The molecule has 35 heavy (non-hydrogen) atoms. The number of nitrogens with zero attached hydrogens (tertiary/aromatic N) is 2. The van der Waals surface area contributed by atoms with E-state index in [2.05, 4.69) is 5.32 Å². The number of carbonyl (C=O) groups excluding carboxylic acids is 2. The minimum atomic E-state index is -3.85. The quantitative estimate of drug-likeness (QED) is 0.377. The zero-order valence-electron chi connectivity index (χ0n) is 20.3. The van der Waals surface area contributed by atoms with Crippen molar-refractivity contribution in [3.8, 4) is 0 Å². The van der Waals surface area contributed by atoms with Gasteiger partial charge in [-0.15, -0.1) is 0 Å². The monoisotopic (exact) mass is 541 g/mol. The molecule has 0 aliphatic rings. The molecule has 0 radical (unpaired) electrons. The fraction of sp³-hybridized carbons (Fsp3) is 0.440. The Morgan fingerprint density at radius 3 is 2.20 bits per heavy atom. The number of hydrogen-bond donors (Lipinski definition) is 1. The molecular formula is C25H33Cl2N3O4S. The molecular weight excluding hydrogens is 509 g/mol. The molecule has 0 spiro atoms. The fourth-order valence-corrected chi connectivity index (χ4v) is 5.05. The molecule has 0 unspecified atom stereocenters. The molecule has 0 aliphatic heterocycles. The predicted octanol–water partition coefficient (Wildman–Crippen LogP) is 4.53. The zero-order chi connectivity index (χ0) is 26.0. The summed E-state index contributed by atoms with van der Waals surface area (Å²) in [4.78, 5) is 28.0. The SMILES string of the molecule is CCCCNC(=O)[C@@H](CC)N(CCc1ccccc1)C(=O)CN(c1cc(Cl)cc(Cl)c1)S(C)(=O)=O. The Morgan fingerprint density at radius 2 is 1.66 bits per heavy atom. The van der Waals surface area contributed by atoms with Crippen LogP contribution in [0.2, 0.25) is 10.0 Å². The van der Waals surface area contributed by atoms with E-state index in [1.54, 1.807) is 0 Å². The molecule has 2 amide bonds. The Hall–Kier alpha value is -2.29. The van der Waals surface area contributed by atoms with Crippen molar-refractivity contribution in [3.63, 3.8) is 0 Å². The molecule has 0 bridgehead atoms. The number of unbranched alkanes of at least 4 members (excludes halogenated alkanes) is 1. The molecule has 0 heterocycles. The number of rotatable bonds is 13. The van der Waals surface area contributed by atoms with Gasteiger partial charge in [0.05, 0.1) is 11.9 Å². The highest BCUT2D eigenvalue weighted by Gasteiger charge is 2.31. The highest BCUT2D eigenvalue weighted by Crippen LogP contribution is 2.27. The van der Waals surface area contributed by atoms with Crippen molar-refractivity contribution in [2.75, 3.05) is 30.2 Å². The maximum atomic E-state index is 13.6. The third-order valence-electron chi connectivity index (χ3n) is 5.51. The van der Waals surface area contributed by atoms with E-state index >= 15 is 0 Å². The van der Waals surface area contributed by atoms with Gasteiger partial charge in [0.2, 0.25) is 21.8 Å². The fourth-order valence-electron chi connectivity index (χ4n) is 3.70. The van der Waals surface area contributed by atoms with E-state index in [-0.39, 0.29) is 28.2 Å². The number of nitrogens with one attached hydrogen (secondary N) is 1. The lowest BCUT2D eigenvalue weighted by Gasteiger charge is -2.33. The van der Waals surface area contributed by atoms with Crippen LogP contribution >= 0.6 is 23.2 Å². The van der Waals surface area contributed by atoms with Gasteiger partial charge in [-0.05, 0) is 43.0 Å². The molecule has 0 aliphatic carbocycles. The second-order valence-electron chi connectivity index (χ2n) is 8.29. The first-order chi connectivity index (χ1) is 16.6. The van der Waals surface area contributed by atoms with Crippen molar-refractivity contribution in [1.29, 1.82) is 0 Å². The summed E-state index contributed by atoms with van der Waals surface area (Å²) in [5.74, 6) is -0.737. The van der Waals surface area contributed by atoms with E-state index in [1.165, 1.54) is 23.1 Å². The predicted molar refractivity (Wildman–Crippen MR) is 143 cm³/mol. The van der Waals surface area contributed by atoms with E-state index in [9.17, 15) is 18.0 Å². The van der Waals surface area contributed by atoms with Crippen LogP contribution in [0.4, 0.5) is 5.69 Å². The third-order valence-corrected chi connectivity index (χ3v) is 7.09. The van der Waals surface area contributed by atoms with E-state index in [0.717, 1.165) is 29.0 Å². The third kappa shape index (κ3) is 9.02. The van der Waals surface area contributed by atoms with Crippen LogP contribution in [0, 0.1) is 0 Å². The van der Waals surface area contributed by atoms with Gasteiger partial charge in [0.25, 0.3) is 0 Å². The first-order valence-electron chi connectivity index (χ1n) is 11.6. The van der Waals surface area contributed by atoms with Gasteiger partial charge in [0, 0.05) is 23.1 Å². The number of amides is 2. The highest BCUT2D eigenvalue weighted by atomic mass is 35.5. The van der Waals surface area contributed by atoms with Gasteiger partial charge >= 0.3 is 0 Å². The van der Waals surface area contributed by atoms with Crippen LogP contribution in [0.5, 0.6) is 0 Å². The molecule has 0 saturated heterocycles. The van der Waals surface area contributed by atoms with Crippen LogP contribution < -0.4 is 9.62 Å². The van der Waals surface area contributed by atoms with E-state index in [4.69, 9.17) is 23.2 Å². The highest BCUT2D eigenvalue weighted by molar-refractivity contribution is 7.92. The van der Waals surface area contributed by atoms with Gasteiger partial charge in [-0.3, -0.25) is 13.9 Å². The molecule has 1 N–H and O–H groups in total. The molecule has 1 atom stereocenters. The summed E-state index contributed by atoms with van der Waals surface area (Å²) < 4.78 is 26.2. The van der Waals surface area contributed by atoms with E-state index in [0.29, 0.717) is 19.4 Å². The van der Waals surface area contributed by atoms with Gasteiger partial charge in [0.15, 0.2) is 0 Å². The molecule has 0 saturated carbocycles. The number of anilines is 1. The lowest BCUT2D eigenvalue weighted by molar-refractivity contribution is -0.139. The van der Waals surface area contributed by atoms with Gasteiger partial charge in [0.1, 0.15) is 12.6 Å². The standard InChI is InChI=1S/C25H33Cl2N3O4S/c1-4-6-13-28-25(32)23(5-2)29(14-12-19-10-8-7-9-11-19)24(31)18-30(35(3,33)34)22-16-20(26)15-21(27)17-22/h7-11,15-17,23H,4-6,12-14,18H2,1-3H3,(H,28,32)/t23-/m1/s1. The molecule has 2 aromatic rings. The number of benzene rings is 2. The van der Waals surface area contributed by atoms with Gasteiger partial charge < -0.3 is 10.2 Å². The summed E-state index contributed by atoms with van der Waals surface area (Å²) in [5, 5.41) is 3.39. The van der Waals surface area contributed by atoms with Gasteiger partial charge in [-0.2, -0.15) is 0 Å². The van der Waals surface area contributed by atoms with Crippen LogP contribution in [-0.4, -0.2) is 57.1 Å². The van der Waals surface area contributed by atoms with Crippen LogP contribution in [0.3, 0.4) is 0 Å². The second kappa shape index (κ2) is 13.7. The van der Waals surface area contributed by atoms with Gasteiger partial charge in [-0.1, -0.05) is 73.8 Å². The minimum absolute atomic E-state index is 0.182. The van der Waals surface area contributed by atoms with Crippen molar-refractivity contribution in [1.82, 2.24) is 10.2 Å². The topological polar surface area (TPSA) is 86.8 Å². The van der Waals surface area contributed by atoms with Crippen LogP contribution in [0.15, 0.2) is 48.5 Å². The van der Waals surface area contributed by atoms with E-state index < -0.39 is 28.5 Å². The summed E-state index contributed by atoms with van der Waals surface area (Å²) >= 11 is 12.2. The Kier molecular flexibility index (Phi) is 11.3. The van der Waals surface area contributed by atoms with Crippen LogP contribution in [-0.2, 0) is 26.0 Å². The lowest BCUT2D eigenvalue weighted by atomic mass is 10.1. The van der Waals surface area contributed by atoms with Crippen molar-refractivity contribution in [3.05, 3.63) is 64.1 Å². The van der Waals surface area contributed by atoms with Crippen LogP contribution in [0.1, 0.15) is 38.7 Å². The van der Waals surface area contributed by atoms with Crippen molar-refractivity contribution in [2.24, 2.45) is 0 Å². The number of halogens is 2. The molecule has 2 aromatic carbocycles. The largest absolute Gasteiger partial charge is 0.354 e. The summed E-state index contributed by atoms with van der Waals surface area (Å²) in [6, 6.07) is 13.2. The summed E-state index contributed by atoms with van der Waals surface area (Å²) in [7, 11) is -3.85. The summed E-state index contributed by atoms with van der Waals surface area (Å²) in [5.41, 5.74) is 1.19. The molecule has 2 rings (SSSR count). The molecule has 10 heteroatoms. The molecule has 0 aromatic heterocycles. The number of sulfonamides is 1. The maximum absolute atomic E-state index is 13.6. The average molecular weight is 543 g/mol. The maximum Gasteiger partial charge on any atom is 0.244 e. The zero-order valence-corrected chi connectivity index (χ0v) is 22.7. The molecule has 0 fully saturated rings. The first kappa shape index (κ1) is 28.9.